The van der Waals surface area contributed by atoms with E-state index < -0.39 is 0 Å². The van der Waals surface area contributed by atoms with E-state index in [0.29, 0.717) is 22.8 Å². The predicted octanol–water partition coefficient (Wildman–Crippen LogP) is 3.11. The number of hydrogen-bond donors (Lipinski definition) is 1. The van der Waals surface area contributed by atoms with E-state index in [9.17, 15) is 4.79 Å². The fourth-order valence-corrected chi connectivity index (χ4v) is 5.08. The second-order valence-corrected chi connectivity index (χ2v) is 8.38. The lowest BCUT2D eigenvalue weighted by Crippen LogP contribution is -2.25. The number of hydrogen-bond acceptors (Lipinski definition) is 6. The summed E-state index contributed by atoms with van der Waals surface area (Å²) in [4.78, 5) is 23.6. The van der Waals surface area contributed by atoms with Gasteiger partial charge in [-0.15, -0.1) is 0 Å². The van der Waals surface area contributed by atoms with Crippen LogP contribution in [0.4, 0.5) is 5.13 Å². The number of carbonyl (C=O) groups is 1. The van der Waals surface area contributed by atoms with Crippen molar-refractivity contribution in [1.29, 1.82) is 0 Å². The molecule has 3 heterocycles. The first kappa shape index (κ1) is 16.6. The number of likely N-dealkylation sites (tertiary alicyclic amines) is 1. The molecule has 1 aromatic carbocycles. The SMILES string of the molecule is COc1cc(-c2ccc3nc(NC(=O)C4[C@H]5CN(C)C[C@@H]45)sc3c2)ccn1. The van der Waals surface area contributed by atoms with Crippen molar-refractivity contribution in [2.45, 2.75) is 0 Å². The molecule has 1 aliphatic heterocycles. The summed E-state index contributed by atoms with van der Waals surface area (Å²) in [7, 11) is 3.73. The molecular weight excluding hydrogens is 360 g/mol. The quantitative estimate of drug-likeness (QED) is 0.753. The van der Waals surface area contributed by atoms with Gasteiger partial charge in [0.2, 0.25) is 11.8 Å². The molecule has 1 N–H and O–H groups in total. The Morgan fingerprint density at radius 2 is 2.00 bits per heavy atom. The van der Waals surface area contributed by atoms with Crippen LogP contribution in [0.25, 0.3) is 21.3 Å². The Hall–Kier alpha value is -2.51. The van der Waals surface area contributed by atoms with Crippen LogP contribution in [0.15, 0.2) is 36.5 Å². The molecule has 5 rings (SSSR count). The maximum atomic E-state index is 12.5. The van der Waals surface area contributed by atoms with E-state index in [1.54, 1.807) is 13.3 Å². The summed E-state index contributed by atoms with van der Waals surface area (Å²) in [5.41, 5.74) is 3.01. The highest BCUT2D eigenvalue weighted by Gasteiger charge is 2.58. The minimum Gasteiger partial charge on any atom is -0.481 e. The molecule has 0 spiro atoms. The van der Waals surface area contributed by atoms with E-state index in [0.717, 1.165) is 34.4 Å². The Bertz CT molecular complexity index is 1020. The van der Waals surface area contributed by atoms with Gasteiger partial charge < -0.3 is 15.0 Å². The average Bonchev–Trinajstić information content (AvgIpc) is 3.00. The third kappa shape index (κ3) is 2.96. The smallest absolute Gasteiger partial charge is 0.229 e. The van der Waals surface area contributed by atoms with Crippen molar-refractivity contribution in [3.8, 4) is 17.0 Å². The molecule has 1 saturated carbocycles. The second kappa shape index (κ2) is 6.28. The number of methoxy groups -OCH3 is 1. The highest BCUT2D eigenvalue weighted by atomic mass is 32.1. The van der Waals surface area contributed by atoms with Crippen LogP contribution in [0, 0.1) is 17.8 Å². The third-order valence-corrected chi connectivity index (χ3v) is 6.51. The molecule has 7 heteroatoms. The number of benzene rings is 1. The van der Waals surface area contributed by atoms with E-state index in [1.165, 1.54) is 11.3 Å². The average molecular weight is 380 g/mol. The number of aromatic nitrogens is 2. The minimum atomic E-state index is 0.122. The zero-order valence-electron chi connectivity index (χ0n) is 15.2. The minimum absolute atomic E-state index is 0.122. The van der Waals surface area contributed by atoms with Crippen LogP contribution in [-0.4, -0.2) is 48.0 Å². The highest BCUT2D eigenvalue weighted by Crippen LogP contribution is 2.51. The topological polar surface area (TPSA) is 67.3 Å². The van der Waals surface area contributed by atoms with E-state index in [1.807, 2.05) is 24.3 Å². The molecule has 1 amide bonds. The van der Waals surface area contributed by atoms with Crippen LogP contribution in [0.2, 0.25) is 0 Å². The Balaban J connectivity index is 1.35. The molecule has 0 bridgehead atoms. The fraction of sp³-hybridized carbons (Fsp3) is 0.350. The first-order valence-electron chi connectivity index (χ1n) is 9.03. The van der Waals surface area contributed by atoms with Crippen LogP contribution in [0.3, 0.4) is 0 Å². The molecule has 0 radical (unpaired) electrons. The summed E-state index contributed by atoms with van der Waals surface area (Å²) in [5, 5.41) is 3.71. The van der Waals surface area contributed by atoms with Crippen molar-refractivity contribution in [3.05, 3.63) is 36.5 Å². The Morgan fingerprint density at radius 1 is 1.22 bits per heavy atom. The van der Waals surface area contributed by atoms with Gasteiger partial charge >= 0.3 is 0 Å². The number of thiazole rings is 1. The van der Waals surface area contributed by atoms with Gasteiger partial charge in [-0.05, 0) is 48.2 Å². The van der Waals surface area contributed by atoms with Crippen LogP contribution in [0.1, 0.15) is 0 Å². The summed E-state index contributed by atoms with van der Waals surface area (Å²) < 4.78 is 6.26. The molecule has 1 aliphatic carbocycles. The Labute approximate surface area is 161 Å². The molecule has 2 aliphatic rings. The highest BCUT2D eigenvalue weighted by molar-refractivity contribution is 7.22. The number of nitrogens with zero attached hydrogens (tertiary/aromatic N) is 3. The monoisotopic (exact) mass is 380 g/mol. The molecule has 6 nitrogen and oxygen atoms in total. The van der Waals surface area contributed by atoms with Gasteiger partial charge in [0.25, 0.3) is 0 Å². The van der Waals surface area contributed by atoms with Crippen LogP contribution >= 0.6 is 11.3 Å². The predicted molar refractivity (Wildman–Crippen MR) is 106 cm³/mol. The summed E-state index contributed by atoms with van der Waals surface area (Å²) in [5.74, 6) is 1.92. The molecule has 1 unspecified atom stereocenters. The lowest BCUT2D eigenvalue weighted by molar-refractivity contribution is -0.118. The first-order valence-corrected chi connectivity index (χ1v) is 9.84. The lowest BCUT2D eigenvalue weighted by Gasteiger charge is -2.12. The number of anilines is 1. The molecule has 2 fully saturated rings. The van der Waals surface area contributed by atoms with Gasteiger partial charge in [-0.2, -0.15) is 0 Å². The second-order valence-electron chi connectivity index (χ2n) is 7.35. The molecule has 27 heavy (non-hydrogen) atoms. The molecule has 2 aromatic heterocycles. The fourth-order valence-electron chi connectivity index (χ4n) is 4.17. The van der Waals surface area contributed by atoms with Gasteiger partial charge in [-0.1, -0.05) is 17.4 Å². The number of ether oxygens (including phenoxy) is 1. The molecule has 3 atom stereocenters. The number of carbonyl (C=O) groups excluding carboxylic acids is 1. The Morgan fingerprint density at radius 3 is 2.78 bits per heavy atom. The number of rotatable bonds is 4. The van der Waals surface area contributed by atoms with Crippen molar-refractivity contribution in [2.75, 3.05) is 32.6 Å². The number of amides is 1. The molecule has 3 aromatic rings. The number of pyridine rings is 1. The number of piperidine rings is 1. The van der Waals surface area contributed by atoms with Crippen LogP contribution < -0.4 is 10.1 Å². The summed E-state index contributed by atoms with van der Waals surface area (Å²) in [6.45, 7) is 2.06. The molecular formula is C20H20N4O2S. The van der Waals surface area contributed by atoms with E-state index >= 15 is 0 Å². The van der Waals surface area contributed by atoms with Crippen molar-refractivity contribution in [1.82, 2.24) is 14.9 Å². The zero-order chi connectivity index (χ0) is 18.5. The number of fused-ring (bicyclic) bond motifs is 2. The zero-order valence-corrected chi connectivity index (χ0v) is 16.0. The van der Waals surface area contributed by atoms with Crippen molar-refractivity contribution >= 4 is 32.6 Å². The standard InChI is InChI=1S/C20H20N4O2S/c1-24-9-13-14(10-24)18(13)19(25)23-20-22-15-4-3-11(7-16(15)27-20)12-5-6-21-17(8-12)26-2/h3-8,13-14,18H,9-10H2,1-2H3,(H,22,23,25)/t13-,14+,18?. The van der Waals surface area contributed by atoms with E-state index in [2.05, 4.69) is 33.3 Å². The summed E-state index contributed by atoms with van der Waals surface area (Å²) >= 11 is 1.52. The lowest BCUT2D eigenvalue weighted by atomic mass is 10.1. The summed E-state index contributed by atoms with van der Waals surface area (Å²) in [6, 6.07) is 9.98. The van der Waals surface area contributed by atoms with E-state index in [-0.39, 0.29) is 11.8 Å². The largest absolute Gasteiger partial charge is 0.481 e. The Kier molecular flexibility index (Phi) is 3.87. The molecule has 1 saturated heterocycles. The molecule has 138 valence electrons. The van der Waals surface area contributed by atoms with Crippen molar-refractivity contribution < 1.29 is 9.53 Å². The maximum absolute atomic E-state index is 12.5. The van der Waals surface area contributed by atoms with Gasteiger partial charge in [-0.3, -0.25) is 4.79 Å². The van der Waals surface area contributed by atoms with Crippen molar-refractivity contribution in [2.24, 2.45) is 17.8 Å². The van der Waals surface area contributed by atoms with Gasteiger partial charge in [0.1, 0.15) is 0 Å². The first-order chi connectivity index (χ1) is 13.1. The maximum Gasteiger partial charge on any atom is 0.229 e. The van der Waals surface area contributed by atoms with Gasteiger partial charge in [0.05, 0.1) is 17.3 Å². The van der Waals surface area contributed by atoms with E-state index in [4.69, 9.17) is 4.74 Å². The van der Waals surface area contributed by atoms with Gasteiger partial charge in [0, 0.05) is 31.3 Å². The van der Waals surface area contributed by atoms with Crippen LogP contribution in [-0.2, 0) is 4.79 Å². The van der Waals surface area contributed by atoms with Crippen LogP contribution in [0.5, 0.6) is 5.88 Å². The third-order valence-electron chi connectivity index (χ3n) is 5.58. The van der Waals surface area contributed by atoms with Crippen molar-refractivity contribution in [3.63, 3.8) is 0 Å². The van der Waals surface area contributed by atoms with Gasteiger partial charge in [0.15, 0.2) is 5.13 Å². The number of nitrogens with one attached hydrogen (secondary N) is 1. The van der Waals surface area contributed by atoms with Gasteiger partial charge in [-0.25, -0.2) is 9.97 Å². The summed E-state index contributed by atoms with van der Waals surface area (Å²) in [6.07, 6.45) is 1.74. The normalized spacial score (nSPS) is 24.0.